The fourth-order valence-corrected chi connectivity index (χ4v) is 7.47. The van der Waals surface area contributed by atoms with Crippen molar-refractivity contribution in [3.8, 4) is 17.2 Å². The van der Waals surface area contributed by atoms with Crippen LogP contribution in [-0.2, 0) is 32.5 Å². The highest BCUT2D eigenvalue weighted by atomic mass is 32.2. The molecule has 262 valence electrons. The van der Waals surface area contributed by atoms with E-state index in [0.29, 0.717) is 0 Å². The zero-order valence-electron chi connectivity index (χ0n) is 33.3. The highest BCUT2D eigenvalue weighted by Crippen LogP contribution is 2.60. The summed E-state index contributed by atoms with van der Waals surface area (Å²) in [5.41, 5.74) is 10.4. The first-order valence-electron chi connectivity index (χ1n) is 17.8. The van der Waals surface area contributed by atoms with Gasteiger partial charge in [0.25, 0.3) is 12.3 Å². The van der Waals surface area contributed by atoms with E-state index in [9.17, 15) is 0 Å². The molecule has 0 amide bonds. The van der Waals surface area contributed by atoms with E-state index in [4.69, 9.17) is 13.1 Å². The zero-order chi connectivity index (χ0) is 36.2. The summed E-state index contributed by atoms with van der Waals surface area (Å²) in [5, 5.41) is 0. The van der Waals surface area contributed by atoms with Gasteiger partial charge in [-0.2, -0.15) is 0 Å². The van der Waals surface area contributed by atoms with Crippen LogP contribution in [0.1, 0.15) is 187 Å². The van der Waals surface area contributed by atoms with Gasteiger partial charge in [0.1, 0.15) is 17.6 Å². The minimum Gasteiger partial charge on any atom is -0.484 e. The van der Waals surface area contributed by atoms with Crippen LogP contribution in [0.25, 0.3) is 0 Å². The van der Waals surface area contributed by atoms with Gasteiger partial charge in [-0.3, -0.25) is 0 Å². The highest BCUT2D eigenvalue weighted by Gasteiger charge is 2.46. The molecule has 2 aliphatic rings. The predicted molar refractivity (Wildman–Crippen MR) is 206 cm³/mol. The summed E-state index contributed by atoms with van der Waals surface area (Å²) in [7, 11) is 0. The molecule has 0 N–H and O–H groups in total. The normalized spacial score (nSPS) is 18.6. The molecule has 2 heterocycles. The van der Waals surface area contributed by atoms with Crippen molar-refractivity contribution in [1.29, 1.82) is 0 Å². The van der Waals surface area contributed by atoms with Gasteiger partial charge in [-0.1, -0.05) is 155 Å². The second kappa shape index (κ2) is 11.5. The van der Waals surface area contributed by atoms with Gasteiger partial charge in [0.2, 0.25) is 0 Å². The SMILES string of the molecule is CC(C)(C)c1cc2c(c(C(C)(C)C)c1)OSOc1c(cc(C(C)(C)C)cc1C(C)(C)C)[C@H]1Oc3c(cc(C(C)(C)C)cc3C(C)(C)C)C21. The van der Waals surface area contributed by atoms with Crippen molar-refractivity contribution in [2.24, 2.45) is 0 Å². The molecule has 3 nitrogen and oxygen atoms in total. The molecule has 2 aliphatic heterocycles. The largest absolute Gasteiger partial charge is 0.484 e. The Bertz CT molecular complexity index is 1720. The molecule has 0 aromatic heterocycles. The Morgan fingerprint density at radius 1 is 0.396 bits per heavy atom. The Labute approximate surface area is 297 Å². The van der Waals surface area contributed by atoms with Crippen LogP contribution >= 0.6 is 12.3 Å². The Morgan fingerprint density at radius 2 is 0.708 bits per heavy atom. The van der Waals surface area contributed by atoms with Crippen LogP contribution in [0.15, 0.2) is 36.4 Å². The third-order valence-corrected chi connectivity index (χ3v) is 10.6. The van der Waals surface area contributed by atoms with Gasteiger partial charge in [0.05, 0.1) is 5.92 Å². The molecule has 0 aliphatic carbocycles. The smallest absolute Gasteiger partial charge is 0.293 e. The lowest BCUT2D eigenvalue weighted by Gasteiger charge is -2.31. The van der Waals surface area contributed by atoms with E-state index in [0.717, 1.165) is 35.1 Å². The maximum absolute atomic E-state index is 7.45. The van der Waals surface area contributed by atoms with Crippen molar-refractivity contribution in [1.82, 2.24) is 0 Å². The van der Waals surface area contributed by atoms with E-state index in [2.05, 4.69) is 161 Å². The molecule has 0 saturated heterocycles. The molecule has 4 heteroatoms. The number of hydrogen-bond donors (Lipinski definition) is 0. The Hall–Kier alpha value is -2.59. The van der Waals surface area contributed by atoms with Crippen molar-refractivity contribution < 1.29 is 13.1 Å². The van der Waals surface area contributed by atoms with E-state index in [1.807, 2.05) is 0 Å². The van der Waals surface area contributed by atoms with Crippen molar-refractivity contribution in [3.63, 3.8) is 0 Å². The van der Waals surface area contributed by atoms with Gasteiger partial charge in [0, 0.05) is 33.4 Å². The second-order valence-corrected chi connectivity index (χ2v) is 21.0. The molecule has 0 spiro atoms. The number of rotatable bonds is 0. The summed E-state index contributed by atoms with van der Waals surface area (Å²) >= 11 is 1.09. The van der Waals surface area contributed by atoms with Crippen LogP contribution in [0.2, 0.25) is 0 Å². The van der Waals surface area contributed by atoms with E-state index >= 15 is 0 Å². The average Bonchev–Trinajstić information content (AvgIpc) is 3.29. The van der Waals surface area contributed by atoms with Crippen LogP contribution in [0.5, 0.6) is 17.2 Å². The Morgan fingerprint density at radius 3 is 1.06 bits per heavy atom. The van der Waals surface area contributed by atoms with E-state index in [-0.39, 0.29) is 44.5 Å². The molecule has 2 atom stereocenters. The summed E-state index contributed by atoms with van der Waals surface area (Å²) in [4.78, 5) is 0. The number of benzene rings is 3. The third-order valence-electron chi connectivity index (χ3n) is 10.1. The van der Waals surface area contributed by atoms with Gasteiger partial charge in [-0.15, -0.1) is 0 Å². The molecule has 0 radical (unpaired) electrons. The standard InChI is InChI=1S/C44H62O3S/c1-39(2,3)25-19-28-34-29-20-26(40(4,5)6)23-32(43(13,14)15)36(29)46-48-47-37-30(38(34)45-35(28)31(22-25)42(10,11)12)21-27(41(7,8)9)24-33(37)44(16,17)18/h19-24,34,38H,1-18H3/t34?,38-/m1/s1. The maximum atomic E-state index is 7.45. The van der Waals surface area contributed by atoms with Crippen LogP contribution in [0.3, 0.4) is 0 Å². The molecule has 0 bridgehead atoms. The Balaban J connectivity index is 2.00. The summed E-state index contributed by atoms with van der Waals surface area (Å²) in [6.45, 7) is 41.3. The summed E-state index contributed by atoms with van der Waals surface area (Å²) in [6.07, 6.45) is -0.307. The van der Waals surface area contributed by atoms with E-state index < -0.39 is 0 Å². The predicted octanol–water partition coefficient (Wildman–Crippen LogP) is 13.1. The van der Waals surface area contributed by atoms with Gasteiger partial charge >= 0.3 is 0 Å². The van der Waals surface area contributed by atoms with Crippen LogP contribution < -0.4 is 13.1 Å². The minimum atomic E-state index is -0.307. The molecule has 3 aromatic rings. The first kappa shape index (κ1) is 36.7. The molecular formula is C44H62O3S. The lowest BCUT2D eigenvalue weighted by molar-refractivity contribution is 0.215. The first-order valence-corrected chi connectivity index (χ1v) is 18.5. The summed E-state index contributed by atoms with van der Waals surface area (Å²) in [5.74, 6) is 2.66. The van der Waals surface area contributed by atoms with Crippen LogP contribution in [-0.4, -0.2) is 0 Å². The van der Waals surface area contributed by atoms with E-state index in [1.165, 1.54) is 44.5 Å². The number of hydrogen-bond acceptors (Lipinski definition) is 4. The van der Waals surface area contributed by atoms with Crippen molar-refractivity contribution in [2.45, 2.75) is 169 Å². The Kier molecular flexibility index (Phi) is 8.77. The molecule has 0 saturated carbocycles. The van der Waals surface area contributed by atoms with Gasteiger partial charge in [-0.25, -0.2) is 0 Å². The van der Waals surface area contributed by atoms with Crippen molar-refractivity contribution in [2.75, 3.05) is 0 Å². The molecule has 1 unspecified atom stereocenters. The zero-order valence-corrected chi connectivity index (χ0v) is 34.1. The van der Waals surface area contributed by atoms with Crippen LogP contribution in [0.4, 0.5) is 0 Å². The molecule has 5 rings (SSSR count). The molecular weight excluding hydrogens is 609 g/mol. The number of ether oxygens (including phenoxy) is 1. The van der Waals surface area contributed by atoms with Crippen molar-refractivity contribution in [3.05, 3.63) is 86.5 Å². The fraction of sp³-hybridized carbons (Fsp3) is 0.591. The maximum Gasteiger partial charge on any atom is 0.293 e. The molecule has 48 heavy (non-hydrogen) atoms. The summed E-state index contributed by atoms with van der Waals surface area (Å²) in [6, 6.07) is 14.3. The van der Waals surface area contributed by atoms with Gasteiger partial charge in [0.15, 0.2) is 5.75 Å². The fourth-order valence-electron chi connectivity index (χ4n) is 6.93. The lowest BCUT2D eigenvalue weighted by atomic mass is 9.72. The number of fused-ring (bicyclic) bond motifs is 7. The highest BCUT2D eigenvalue weighted by molar-refractivity contribution is 7.90. The lowest BCUT2D eigenvalue weighted by Crippen LogP contribution is -2.22. The summed E-state index contributed by atoms with van der Waals surface area (Å²) < 4.78 is 21.0. The third kappa shape index (κ3) is 6.77. The van der Waals surface area contributed by atoms with Crippen LogP contribution in [0, 0.1) is 0 Å². The second-order valence-electron chi connectivity index (χ2n) is 20.6. The van der Waals surface area contributed by atoms with Crippen molar-refractivity contribution >= 4 is 12.3 Å². The average molecular weight is 671 g/mol. The van der Waals surface area contributed by atoms with Gasteiger partial charge < -0.3 is 13.1 Å². The monoisotopic (exact) mass is 670 g/mol. The topological polar surface area (TPSA) is 27.7 Å². The molecule has 3 aromatic carbocycles. The molecule has 0 fully saturated rings. The minimum absolute atomic E-state index is 0.0372. The van der Waals surface area contributed by atoms with E-state index in [1.54, 1.807) is 0 Å². The first-order chi connectivity index (χ1) is 21.6. The van der Waals surface area contributed by atoms with Gasteiger partial charge in [-0.05, 0) is 55.2 Å². The quantitative estimate of drug-likeness (QED) is 0.223.